The lowest BCUT2D eigenvalue weighted by molar-refractivity contribution is 2.43. The summed E-state index contributed by atoms with van der Waals surface area (Å²) in [5.41, 5.74) is 1.24. The van der Waals surface area contributed by atoms with Gasteiger partial charge >= 0.3 is 0 Å². The van der Waals surface area contributed by atoms with Gasteiger partial charge in [0.25, 0.3) is 0 Å². The molecule has 0 aromatic heterocycles. The predicted molar refractivity (Wildman–Crippen MR) is 28.7 cm³/mol. The molecule has 0 unspecified atom stereocenters. The zero-order valence-corrected chi connectivity index (χ0v) is 5.31. The summed E-state index contributed by atoms with van der Waals surface area (Å²) in [6.45, 7) is 0. The fraction of sp³-hybridized carbons (Fsp3) is 0. The van der Waals surface area contributed by atoms with Gasteiger partial charge in [-0.15, -0.1) is 0 Å². The maximum atomic E-state index is 5.11. The molecule has 0 aliphatic heterocycles. The second-order valence-corrected chi connectivity index (χ2v) is 2.34. The maximum absolute atomic E-state index is 5.11. The summed E-state index contributed by atoms with van der Waals surface area (Å²) < 4.78 is 0.430. The smallest absolute Gasteiger partial charge is 0.0908 e. The lowest BCUT2D eigenvalue weighted by Gasteiger charge is -1.65. The van der Waals surface area contributed by atoms with Crippen LogP contribution in [-0.4, -0.2) is 0 Å². The van der Waals surface area contributed by atoms with E-state index in [1.807, 2.05) is 0 Å². The van der Waals surface area contributed by atoms with Crippen LogP contribution in [0.1, 0.15) is 0 Å². The van der Waals surface area contributed by atoms with Gasteiger partial charge in [0.1, 0.15) is 0 Å². The Kier molecular flexibility index (Phi) is 3.49. The molecule has 0 saturated heterocycles. The molecule has 0 N–H and O–H groups in total. The highest BCUT2D eigenvalue weighted by atomic mass is 79.9. The molecule has 0 aromatic rings. The molecular formula is C2HBrCl2. The largest absolute Gasteiger partial charge is 0.0946 e. The quantitative estimate of drug-likeness (QED) is 0.531. The first-order valence-corrected chi connectivity index (χ1v) is 2.49. The van der Waals surface area contributed by atoms with Crippen LogP contribution in [0.3, 0.4) is 0 Å². The second kappa shape index (κ2) is 3.01. The van der Waals surface area contributed by atoms with Crippen molar-refractivity contribution in [3.05, 3.63) is 9.48 Å². The Morgan fingerprint density at radius 1 is 1.80 bits per heavy atom. The van der Waals surface area contributed by atoms with Crippen molar-refractivity contribution < 1.29 is 0 Å². The molecule has 0 atom stereocenters. The third kappa shape index (κ3) is 4.80. The van der Waals surface area contributed by atoms with E-state index in [1.165, 1.54) is 5.54 Å². The fourth-order valence-electron chi connectivity index (χ4n) is 0. The van der Waals surface area contributed by atoms with E-state index in [0.717, 1.165) is 0 Å². The molecule has 30 valence electrons. The van der Waals surface area contributed by atoms with Gasteiger partial charge in [-0.25, -0.2) is 0 Å². The van der Waals surface area contributed by atoms with Gasteiger partial charge in [-0.3, -0.25) is 0 Å². The monoisotopic (exact) mass is 174 g/mol. The van der Waals surface area contributed by atoms with Crippen LogP contribution < -0.4 is 0 Å². The topological polar surface area (TPSA) is 0 Å². The molecule has 0 aromatic carbocycles. The summed E-state index contributed by atoms with van der Waals surface area (Å²) in [6.07, 6.45) is 0. The lowest BCUT2D eigenvalue weighted by Crippen LogP contribution is -1.32. The molecular weight excluding hydrogens is 175 g/mol. The molecule has 0 amide bonds. The van der Waals surface area contributed by atoms with E-state index in [4.69, 9.17) is 23.2 Å². The molecule has 0 aliphatic rings. The average Bonchev–Trinajstić information content (AvgIpc) is 1.38. The highest BCUT2D eigenvalue weighted by Gasteiger charge is 1.69. The molecule has 0 bridgehead atoms. The molecule has 0 saturated carbocycles. The number of hydrogen-bond acceptors (Lipinski definition) is 0. The van der Waals surface area contributed by atoms with Gasteiger partial charge in [-0.2, -0.15) is 0 Å². The van der Waals surface area contributed by atoms with Gasteiger partial charge in [-0.1, -0.05) is 23.2 Å². The van der Waals surface area contributed by atoms with Crippen LogP contribution >= 0.6 is 39.1 Å². The molecule has 0 heterocycles. The first-order chi connectivity index (χ1) is 2.27. The number of hydrogen-bond donors (Lipinski definition) is 0. The SMILES string of the molecule is Cl/C=C(/Cl)Br. The molecule has 3 heteroatoms. The molecule has 5 heavy (non-hydrogen) atoms. The predicted octanol–water partition coefficient (Wildman–Crippen LogP) is 2.66. The van der Waals surface area contributed by atoms with Gasteiger partial charge in [0.2, 0.25) is 0 Å². The highest BCUT2D eigenvalue weighted by Crippen LogP contribution is 2.09. The summed E-state index contributed by atoms with van der Waals surface area (Å²) in [7, 11) is 0. The van der Waals surface area contributed by atoms with Crippen molar-refractivity contribution in [3.8, 4) is 0 Å². The van der Waals surface area contributed by atoms with Crippen molar-refractivity contribution >= 4 is 39.1 Å². The van der Waals surface area contributed by atoms with Gasteiger partial charge < -0.3 is 0 Å². The van der Waals surface area contributed by atoms with Gasteiger partial charge in [0.15, 0.2) is 0 Å². The molecule has 0 fully saturated rings. The van der Waals surface area contributed by atoms with Gasteiger partial charge in [0.05, 0.1) is 3.94 Å². The van der Waals surface area contributed by atoms with E-state index in [1.54, 1.807) is 0 Å². The third-order valence-electron chi connectivity index (χ3n) is 0.0825. The Morgan fingerprint density at radius 3 is 2.00 bits per heavy atom. The second-order valence-electron chi connectivity index (χ2n) is 0.399. The van der Waals surface area contributed by atoms with Crippen LogP contribution in [0.2, 0.25) is 0 Å². The van der Waals surface area contributed by atoms with Crippen LogP contribution in [0.15, 0.2) is 9.48 Å². The van der Waals surface area contributed by atoms with Crippen molar-refractivity contribution in [3.63, 3.8) is 0 Å². The first kappa shape index (κ1) is 5.80. The summed E-state index contributed by atoms with van der Waals surface area (Å²) in [6, 6.07) is 0. The van der Waals surface area contributed by atoms with Crippen LogP contribution in [0.4, 0.5) is 0 Å². The molecule has 0 spiro atoms. The number of halogens is 3. The Balaban J connectivity index is 3.14. The van der Waals surface area contributed by atoms with Crippen LogP contribution in [-0.2, 0) is 0 Å². The van der Waals surface area contributed by atoms with Crippen molar-refractivity contribution in [1.82, 2.24) is 0 Å². The normalized spacial score (nSPS) is 12.2. The first-order valence-electron chi connectivity index (χ1n) is 0.885. The summed E-state index contributed by atoms with van der Waals surface area (Å²) >= 11 is 13.0. The number of rotatable bonds is 0. The van der Waals surface area contributed by atoms with Crippen LogP contribution in [0.25, 0.3) is 0 Å². The van der Waals surface area contributed by atoms with E-state index < -0.39 is 0 Å². The van der Waals surface area contributed by atoms with Gasteiger partial charge in [0, 0.05) is 5.54 Å². The lowest BCUT2D eigenvalue weighted by atomic mass is 11.3. The van der Waals surface area contributed by atoms with Crippen molar-refractivity contribution in [2.45, 2.75) is 0 Å². The van der Waals surface area contributed by atoms with E-state index >= 15 is 0 Å². The molecule has 0 radical (unpaired) electrons. The standard InChI is InChI=1S/C2HBrCl2/c3-2(5)1-4/h1H/b2-1+. The summed E-state index contributed by atoms with van der Waals surface area (Å²) in [5, 5.41) is 0. The van der Waals surface area contributed by atoms with Crippen molar-refractivity contribution in [2.24, 2.45) is 0 Å². The minimum absolute atomic E-state index is 0.430. The van der Waals surface area contributed by atoms with Crippen molar-refractivity contribution in [2.75, 3.05) is 0 Å². The Morgan fingerprint density at radius 2 is 2.00 bits per heavy atom. The third-order valence-corrected chi connectivity index (χ3v) is 1.01. The average molecular weight is 176 g/mol. The maximum Gasteiger partial charge on any atom is 0.0946 e. The summed E-state index contributed by atoms with van der Waals surface area (Å²) in [4.78, 5) is 0. The zero-order chi connectivity index (χ0) is 4.28. The Labute approximate surface area is 48.9 Å². The van der Waals surface area contributed by atoms with Gasteiger partial charge in [-0.05, 0) is 15.9 Å². The van der Waals surface area contributed by atoms with E-state index in [-0.39, 0.29) is 0 Å². The minimum atomic E-state index is 0.430. The van der Waals surface area contributed by atoms with Crippen LogP contribution in [0.5, 0.6) is 0 Å². The van der Waals surface area contributed by atoms with E-state index in [0.29, 0.717) is 3.94 Å². The highest BCUT2D eigenvalue weighted by molar-refractivity contribution is 9.12. The van der Waals surface area contributed by atoms with Crippen molar-refractivity contribution in [1.29, 1.82) is 0 Å². The van der Waals surface area contributed by atoms with E-state index in [2.05, 4.69) is 15.9 Å². The fourth-order valence-corrected chi connectivity index (χ4v) is 0. The molecule has 0 nitrogen and oxygen atoms in total. The summed E-state index contributed by atoms with van der Waals surface area (Å²) in [5.74, 6) is 0. The van der Waals surface area contributed by atoms with E-state index in [9.17, 15) is 0 Å². The molecule has 0 aliphatic carbocycles. The molecule has 0 rings (SSSR count). The Bertz CT molecular complexity index is 45.6. The zero-order valence-electron chi connectivity index (χ0n) is 2.21. The Hall–Kier alpha value is 0.800. The minimum Gasteiger partial charge on any atom is -0.0908 e. The van der Waals surface area contributed by atoms with Crippen LogP contribution in [0, 0.1) is 0 Å².